The topological polar surface area (TPSA) is 46.8 Å². The van der Waals surface area contributed by atoms with Crippen LogP contribution in [0.2, 0.25) is 5.15 Å². The lowest BCUT2D eigenvalue weighted by Gasteiger charge is -2.13. The van der Waals surface area contributed by atoms with E-state index >= 15 is 0 Å². The molecule has 0 aliphatic carbocycles. The maximum absolute atomic E-state index is 9.91. The highest BCUT2D eigenvalue weighted by atomic mass is 35.5. The third-order valence-electron chi connectivity index (χ3n) is 2.35. The first kappa shape index (κ1) is 11.2. The zero-order valence-electron chi connectivity index (χ0n) is 9.36. The molecule has 0 bridgehead atoms. The Morgan fingerprint density at radius 2 is 2.19 bits per heavy atom. The van der Waals surface area contributed by atoms with E-state index in [-0.39, 0.29) is 0 Å². The predicted octanol–water partition coefficient (Wildman–Crippen LogP) is 2.22. The summed E-state index contributed by atoms with van der Waals surface area (Å²) in [4.78, 5) is 4.29. The second-order valence-electron chi connectivity index (χ2n) is 4.11. The van der Waals surface area contributed by atoms with E-state index in [0.29, 0.717) is 22.2 Å². The molecule has 0 unspecified atom stereocenters. The van der Waals surface area contributed by atoms with Gasteiger partial charge in [0, 0.05) is 12.3 Å². The van der Waals surface area contributed by atoms with Crippen molar-refractivity contribution in [3.05, 3.63) is 29.2 Å². The minimum atomic E-state index is -1.06. The van der Waals surface area contributed by atoms with Crippen molar-refractivity contribution in [3.63, 3.8) is 0 Å². The summed E-state index contributed by atoms with van der Waals surface area (Å²) in [7, 11) is 1.59. The number of fused-ring (bicyclic) bond motifs is 1. The van der Waals surface area contributed by atoms with Crippen LogP contribution in [0.3, 0.4) is 0 Å². The summed E-state index contributed by atoms with van der Waals surface area (Å²) in [6.45, 7) is 3.30. The Morgan fingerprint density at radius 1 is 1.50 bits per heavy atom. The summed E-state index contributed by atoms with van der Waals surface area (Å²) in [5.41, 5.74) is 0.0555. The number of imidazole rings is 1. The number of hydrogen-bond acceptors (Lipinski definition) is 3. The lowest BCUT2D eigenvalue weighted by Crippen LogP contribution is -2.16. The molecule has 2 rings (SSSR count). The van der Waals surface area contributed by atoms with Gasteiger partial charge in [-0.2, -0.15) is 0 Å². The number of nitrogens with zero attached hydrogens (tertiary/aromatic N) is 2. The molecule has 0 spiro atoms. The number of methoxy groups -OCH3 is 1. The summed E-state index contributed by atoms with van der Waals surface area (Å²) in [5, 5.41) is 10.3. The largest absolute Gasteiger partial charge is 0.497 e. The van der Waals surface area contributed by atoms with Gasteiger partial charge in [-0.15, -0.1) is 0 Å². The molecule has 1 N–H and O–H groups in total. The van der Waals surface area contributed by atoms with E-state index in [4.69, 9.17) is 16.3 Å². The molecule has 0 saturated carbocycles. The Bertz CT molecular complexity index is 528. The van der Waals surface area contributed by atoms with Gasteiger partial charge in [0.2, 0.25) is 0 Å². The second kappa shape index (κ2) is 3.64. The third kappa shape index (κ3) is 1.74. The van der Waals surface area contributed by atoms with Crippen molar-refractivity contribution in [3.8, 4) is 5.75 Å². The molecule has 16 heavy (non-hydrogen) atoms. The summed E-state index contributed by atoms with van der Waals surface area (Å²) >= 11 is 6.14. The highest BCUT2D eigenvalue weighted by Crippen LogP contribution is 2.29. The molecule has 0 aromatic carbocycles. The second-order valence-corrected chi connectivity index (χ2v) is 4.46. The van der Waals surface area contributed by atoms with E-state index in [1.54, 1.807) is 43.7 Å². The first-order valence-electron chi connectivity index (χ1n) is 4.88. The van der Waals surface area contributed by atoms with E-state index in [2.05, 4.69) is 4.98 Å². The molecular formula is C11H13ClN2O2. The van der Waals surface area contributed by atoms with Crippen LogP contribution in [-0.2, 0) is 5.60 Å². The molecule has 0 saturated heterocycles. The molecule has 86 valence electrons. The van der Waals surface area contributed by atoms with Crippen molar-refractivity contribution in [2.75, 3.05) is 7.11 Å². The van der Waals surface area contributed by atoms with Crippen LogP contribution in [0.15, 0.2) is 18.3 Å². The van der Waals surface area contributed by atoms with Crippen LogP contribution in [-0.4, -0.2) is 21.6 Å². The molecule has 2 aromatic heterocycles. The molecule has 0 aliphatic heterocycles. The zero-order chi connectivity index (χ0) is 11.9. The number of ether oxygens (including phenoxy) is 1. The van der Waals surface area contributed by atoms with Crippen LogP contribution in [0.4, 0.5) is 0 Å². The van der Waals surface area contributed by atoms with E-state index in [1.807, 2.05) is 0 Å². The van der Waals surface area contributed by atoms with Gasteiger partial charge < -0.3 is 9.84 Å². The molecule has 0 atom stereocenters. The van der Waals surface area contributed by atoms with Gasteiger partial charge in [-0.25, -0.2) is 4.98 Å². The maximum Gasteiger partial charge on any atom is 0.142 e. The van der Waals surface area contributed by atoms with Crippen LogP contribution >= 0.6 is 11.6 Å². The minimum Gasteiger partial charge on any atom is -0.497 e. The fraction of sp³-hybridized carbons (Fsp3) is 0.364. The van der Waals surface area contributed by atoms with Crippen molar-refractivity contribution >= 4 is 17.2 Å². The summed E-state index contributed by atoms with van der Waals surface area (Å²) in [6, 6.07) is 3.55. The zero-order valence-corrected chi connectivity index (χ0v) is 10.1. The monoisotopic (exact) mass is 240 g/mol. The van der Waals surface area contributed by atoms with Crippen LogP contribution in [0, 0.1) is 0 Å². The van der Waals surface area contributed by atoms with Crippen molar-refractivity contribution in [2.24, 2.45) is 0 Å². The molecule has 0 radical (unpaired) electrons. The van der Waals surface area contributed by atoms with Crippen LogP contribution < -0.4 is 4.74 Å². The molecule has 0 fully saturated rings. The SMILES string of the molecule is COc1ccn2c(Cl)c(C(C)(C)O)nc2c1. The van der Waals surface area contributed by atoms with E-state index in [0.717, 1.165) is 0 Å². The maximum atomic E-state index is 9.91. The van der Waals surface area contributed by atoms with Crippen LogP contribution in [0.1, 0.15) is 19.5 Å². The van der Waals surface area contributed by atoms with Crippen molar-refractivity contribution < 1.29 is 9.84 Å². The van der Waals surface area contributed by atoms with Gasteiger partial charge in [0.15, 0.2) is 0 Å². The Kier molecular flexibility index (Phi) is 2.56. The molecule has 4 nitrogen and oxygen atoms in total. The number of rotatable bonds is 2. The number of halogens is 1. The molecule has 2 heterocycles. The molecule has 0 aliphatic rings. The fourth-order valence-corrected chi connectivity index (χ4v) is 1.93. The Hall–Kier alpha value is -1.26. The van der Waals surface area contributed by atoms with Crippen molar-refractivity contribution in [1.82, 2.24) is 9.38 Å². The first-order valence-corrected chi connectivity index (χ1v) is 5.25. The molecular weight excluding hydrogens is 228 g/mol. The lowest BCUT2D eigenvalue weighted by atomic mass is 10.1. The third-order valence-corrected chi connectivity index (χ3v) is 2.72. The van der Waals surface area contributed by atoms with Crippen LogP contribution in [0.5, 0.6) is 5.75 Å². The summed E-state index contributed by atoms with van der Waals surface area (Å²) < 4.78 is 6.80. The number of aromatic nitrogens is 2. The van der Waals surface area contributed by atoms with Crippen molar-refractivity contribution in [1.29, 1.82) is 0 Å². The quantitative estimate of drug-likeness (QED) is 0.876. The Labute approximate surface area is 98.4 Å². The first-order chi connectivity index (χ1) is 7.43. The predicted molar refractivity (Wildman–Crippen MR) is 62.0 cm³/mol. The van der Waals surface area contributed by atoms with E-state index < -0.39 is 5.60 Å². The van der Waals surface area contributed by atoms with Crippen LogP contribution in [0.25, 0.3) is 5.65 Å². The summed E-state index contributed by atoms with van der Waals surface area (Å²) in [6.07, 6.45) is 1.76. The Morgan fingerprint density at radius 3 is 2.75 bits per heavy atom. The van der Waals surface area contributed by atoms with Gasteiger partial charge >= 0.3 is 0 Å². The van der Waals surface area contributed by atoms with E-state index in [1.165, 1.54) is 0 Å². The Balaban J connectivity index is 2.68. The van der Waals surface area contributed by atoms with Crippen molar-refractivity contribution in [2.45, 2.75) is 19.4 Å². The van der Waals surface area contributed by atoms with Gasteiger partial charge in [0.25, 0.3) is 0 Å². The highest BCUT2D eigenvalue weighted by molar-refractivity contribution is 6.30. The molecule has 0 amide bonds. The molecule has 2 aromatic rings. The standard InChI is InChI=1S/C11H13ClN2O2/c1-11(2,15)9-10(12)14-5-4-7(16-3)6-8(14)13-9/h4-6,15H,1-3H3. The fourth-order valence-electron chi connectivity index (χ4n) is 1.51. The number of pyridine rings is 1. The normalized spacial score (nSPS) is 12.1. The highest BCUT2D eigenvalue weighted by Gasteiger charge is 2.24. The number of hydrogen-bond donors (Lipinski definition) is 1. The smallest absolute Gasteiger partial charge is 0.142 e. The van der Waals surface area contributed by atoms with E-state index in [9.17, 15) is 5.11 Å². The lowest BCUT2D eigenvalue weighted by molar-refractivity contribution is 0.0745. The minimum absolute atomic E-state index is 0.421. The average Bonchev–Trinajstić information content (AvgIpc) is 2.55. The van der Waals surface area contributed by atoms with Gasteiger partial charge in [0.1, 0.15) is 27.8 Å². The average molecular weight is 241 g/mol. The van der Waals surface area contributed by atoms with Gasteiger partial charge in [0.05, 0.1) is 7.11 Å². The number of aliphatic hydroxyl groups is 1. The van der Waals surface area contributed by atoms with Gasteiger partial charge in [-0.1, -0.05) is 11.6 Å². The summed E-state index contributed by atoms with van der Waals surface area (Å²) in [5.74, 6) is 0.705. The van der Waals surface area contributed by atoms with Gasteiger partial charge in [-0.3, -0.25) is 4.40 Å². The van der Waals surface area contributed by atoms with Gasteiger partial charge in [-0.05, 0) is 19.9 Å². The molecule has 5 heteroatoms.